The highest BCUT2D eigenvalue weighted by Crippen LogP contribution is 2.21. The van der Waals surface area contributed by atoms with E-state index in [0.717, 1.165) is 36.0 Å². The van der Waals surface area contributed by atoms with Crippen LogP contribution in [0.2, 0.25) is 5.02 Å². The lowest BCUT2D eigenvalue weighted by Gasteiger charge is -2.16. The largest absolute Gasteiger partial charge is 0.487 e. The molecular formula is C15H21ClNO+. The minimum atomic E-state index is 0.680. The number of ether oxygens (including phenoxy) is 1. The summed E-state index contributed by atoms with van der Waals surface area (Å²) in [5, 5.41) is 0.741. The molecule has 0 atom stereocenters. The van der Waals surface area contributed by atoms with Crippen LogP contribution in [0.3, 0.4) is 0 Å². The first-order chi connectivity index (χ1) is 8.67. The molecule has 18 heavy (non-hydrogen) atoms. The van der Waals surface area contributed by atoms with Gasteiger partial charge in [-0.2, -0.15) is 0 Å². The van der Waals surface area contributed by atoms with Gasteiger partial charge in [0.25, 0.3) is 0 Å². The van der Waals surface area contributed by atoms with Crippen LogP contribution in [-0.2, 0) is 0 Å². The molecule has 98 valence electrons. The Hall–Kier alpha value is -1.25. The van der Waals surface area contributed by atoms with Crippen molar-refractivity contribution in [2.75, 3.05) is 26.2 Å². The van der Waals surface area contributed by atoms with Crippen molar-refractivity contribution in [3.63, 3.8) is 0 Å². The summed E-state index contributed by atoms with van der Waals surface area (Å²) < 4.78 is 5.77. The number of nitrogens with one attached hydrogen (secondary N) is 1. The summed E-state index contributed by atoms with van der Waals surface area (Å²) in [5.41, 5.74) is 1.07. The van der Waals surface area contributed by atoms with Gasteiger partial charge >= 0.3 is 0 Å². The van der Waals surface area contributed by atoms with Gasteiger partial charge < -0.3 is 9.64 Å². The van der Waals surface area contributed by atoms with Crippen molar-refractivity contribution in [2.24, 2.45) is 0 Å². The molecule has 1 aromatic rings. The van der Waals surface area contributed by atoms with E-state index in [2.05, 4.69) is 13.2 Å². The van der Waals surface area contributed by atoms with Crippen molar-refractivity contribution in [1.82, 2.24) is 0 Å². The molecule has 0 spiro atoms. The van der Waals surface area contributed by atoms with Gasteiger partial charge in [0.05, 0.1) is 13.1 Å². The molecule has 1 aromatic carbocycles. The smallest absolute Gasteiger partial charge is 0.137 e. The lowest BCUT2D eigenvalue weighted by molar-refractivity contribution is -0.888. The SMILES string of the molecule is C=CC[NH+](CC=C)CCOc1ccc(Cl)cc1C. The molecule has 0 aliphatic carbocycles. The fraction of sp³-hybridized carbons (Fsp3) is 0.333. The maximum atomic E-state index is 5.90. The molecule has 0 aliphatic heterocycles. The number of quaternary nitrogens is 1. The molecule has 0 fully saturated rings. The third-order valence-corrected chi connectivity index (χ3v) is 2.95. The average Bonchev–Trinajstić information content (AvgIpc) is 2.32. The van der Waals surface area contributed by atoms with Crippen LogP contribution in [0.1, 0.15) is 5.56 Å². The van der Waals surface area contributed by atoms with E-state index in [1.165, 1.54) is 4.90 Å². The van der Waals surface area contributed by atoms with Crippen LogP contribution in [0.4, 0.5) is 0 Å². The Morgan fingerprint density at radius 3 is 2.50 bits per heavy atom. The minimum Gasteiger partial charge on any atom is -0.487 e. The Bertz CT molecular complexity index is 393. The number of hydrogen-bond donors (Lipinski definition) is 1. The van der Waals surface area contributed by atoms with Crippen LogP contribution >= 0.6 is 11.6 Å². The molecule has 0 saturated heterocycles. The monoisotopic (exact) mass is 266 g/mol. The standard InChI is InChI=1S/C15H20ClNO/c1-4-8-17(9-5-2)10-11-18-15-7-6-14(16)12-13(15)3/h4-7,12H,1-2,8-11H2,3H3/p+1. The summed E-state index contributed by atoms with van der Waals surface area (Å²) in [6, 6.07) is 5.68. The second-order valence-electron chi connectivity index (χ2n) is 4.24. The Kier molecular flexibility index (Phi) is 6.55. The first-order valence-corrected chi connectivity index (χ1v) is 6.49. The van der Waals surface area contributed by atoms with Gasteiger partial charge in [-0.3, -0.25) is 0 Å². The molecule has 0 bridgehead atoms. The highest BCUT2D eigenvalue weighted by Gasteiger charge is 2.05. The molecule has 1 rings (SSSR count). The maximum Gasteiger partial charge on any atom is 0.137 e. The third kappa shape index (κ3) is 4.94. The molecule has 0 saturated carbocycles. The summed E-state index contributed by atoms with van der Waals surface area (Å²) >= 11 is 5.90. The lowest BCUT2D eigenvalue weighted by Crippen LogP contribution is -3.12. The quantitative estimate of drug-likeness (QED) is 0.713. The molecule has 2 nitrogen and oxygen atoms in total. The molecule has 0 aliphatic rings. The topological polar surface area (TPSA) is 13.7 Å². The predicted molar refractivity (Wildman–Crippen MR) is 77.6 cm³/mol. The third-order valence-electron chi connectivity index (χ3n) is 2.72. The number of halogens is 1. The van der Waals surface area contributed by atoms with Crippen LogP contribution in [0.15, 0.2) is 43.5 Å². The summed E-state index contributed by atoms with van der Waals surface area (Å²) in [6.45, 7) is 13.0. The van der Waals surface area contributed by atoms with Crippen LogP contribution in [0, 0.1) is 6.92 Å². The van der Waals surface area contributed by atoms with Gasteiger partial charge in [0.2, 0.25) is 0 Å². The zero-order chi connectivity index (χ0) is 13.4. The Balaban J connectivity index is 2.44. The molecule has 0 radical (unpaired) electrons. The van der Waals surface area contributed by atoms with Gasteiger partial charge in [-0.25, -0.2) is 0 Å². The first-order valence-electron chi connectivity index (χ1n) is 6.11. The van der Waals surface area contributed by atoms with E-state index in [9.17, 15) is 0 Å². The van der Waals surface area contributed by atoms with Crippen LogP contribution in [-0.4, -0.2) is 26.2 Å². The zero-order valence-corrected chi connectivity index (χ0v) is 11.7. The summed E-state index contributed by atoms with van der Waals surface area (Å²) in [4.78, 5) is 1.40. The highest BCUT2D eigenvalue weighted by atomic mass is 35.5. The Morgan fingerprint density at radius 2 is 1.94 bits per heavy atom. The fourth-order valence-corrected chi connectivity index (χ4v) is 2.00. The van der Waals surface area contributed by atoms with Crippen molar-refractivity contribution >= 4 is 11.6 Å². The van der Waals surface area contributed by atoms with Gasteiger partial charge in [0, 0.05) is 5.02 Å². The predicted octanol–water partition coefficient (Wildman–Crippen LogP) is 2.28. The lowest BCUT2D eigenvalue weighted by atomic mass is 10.2. The molecule has 3 heteroatoms. The summed E-state index contributed by atoms with van der Waals surface area (Å²) in [6.07, 6.45) is 3.85. The number of hydrogen-bond acceptors (Lipinski definition) is 1. The number of rotatable bonds is 8. The Morgan fingerprint density at radius 1 is 1.28 bits per heavy atom. The Labute approximate surface area is 115 Å². The minimum absolute atomic E-state index is 0.680. The molecule has 1 N–H and O–H groups in total. The summed E-state index contributed by atoms with van der Waals surface area (Å²) in [5.74, 6) is 0.899. The van der Waals surface area contributed by atoms with E-state index in [1.807, 2.05) is 37.3 Å². The molecule has 0 aromatic heterocycles. The molecule has 0 heterocycles. The molecular weight excluding hydrogens is 246 g/mol. The van der Waals surface area contributed by atoms with Crippen molar-refractivity contribution in [3.05, 3.63) is 54.1 Å². The zero-order valence-electron chi connectivity index (χ0n) is 10.9. The number of aryl methyl sites for hydroxylation is 1. The number of benzene rings is 1. The maximum absolute atomic E-state index is 5.90. The normalized spacial score (nSPS) is 10.4. The van der Waals surface area contributed by atoms with Gasteiger partial charge in [-0.1, -0.05) is 24.8 Å². The highest BCUT2D eigenvalue weighted by molar-refractivity contribution is 6.30. The second-order valence-corrected chi connectivity index (χ2v) is 4.68. The first kappa shape index (κ1) is 14.8. The van der Waals surface area contributed by atoms with Crippen molar-refractivity contribution in [3.8, 4) is 5.75 Å². The van der Waals surface area contributed by atoms with Crippen molar-refractivity contribution in [1.29, 1.82) is 0 Å². The van der Waals surface area contributed by atoms with Crippen LogP contribution in [0.25, 0.3) is 0 Å². The summed E-state index contributed by atoms with van der Waals surface area (Å²) in [7, 11) is 0. The van der Waals surface area contributed by atoms with Gasteiger partial charge in [-0.05, 0) is 42.8 Å². The molecule has 0 amide bonds. The van der Waals surface area contributed by atoms with Crippen LogP contribution < -0.4 is 9.64 Å². The van der Waals surface area contributed by atoms with Gasteiger partial charge in [0.15, 0.2) is 0 Å². The van der Waals surface area contributed by atoms with Crippen molar-refractivity contribution < 1.29 is 9.64 Å². The van der Waals surface area contributed by atoms with Gasteiger partial charge in [0.1, 0.15) is 18.9 Å². The van der Waals surface area contributed by atoms with E-state index in [4.69, 9.17) is 16.3 Å². The van der Waals surface area contributed by atoms with E-state index in [-0.39, 0.29) is 0 Å². The fourth-order valence-electron chi connectivity index (χ4n) is 1.78. The van der Waals surface area contributed by atoms with E-state index >= 15 is 0 Å². The average molecular weight is 267 g/mol. The van der Waals surface area contributed by atoms with Crippen LogP contribution in [0.5, 0.6) is 5.75 Å². The second kappa shape index (κ2) is 7.96. The van der Waals surface area contributed by atoms with E-state index < -0.39 is 0 Å². The van der Waals surface area contributed by atoms with Gasteiger partial charge in [-0.15, -0.1) is 0 Å². The van der Waals surface area contributed by atoms with Crippen molar-refractivity contribution in [2.45, 2.75) is 6.92 Å². The molecule has 0 unspecified atom stereocenters. The van der Waals surface area contributed by atoms with E-state index in [1.54, 1.807) is 0 Å². The van der Waals surface area contributed by atoms with E-state index in [0.29, 0.717) is 6.61 Å².